The Morgan fingerprint density at radius 2 is 2.06 bits per heavy atom. The quantitative estimate of drug-likeness (QED) is 0.832. The number of rotatable bonds is 2. The summed E-state index contributed by atoms with van der Waals surface area (Å²) in [6, 6.07) is 3.48. The Morgan fingerprint density at radius 1 is 1.38 bits per heavy atom. The van der Waals surface area contributed by atoms with Gasteiger partial charge in [0.25, 0.3) is 11.7 Å². The Kier molecular flexibility index (Phi) is 2.82. The lowest BCUT2D eigenvalue weighted by Gasteiger charge is -2.16. The fraction of sp³-hybridized carbons (Fsp3) is 0.273. The first-order valence-corrected chi connectivity index (χ1v) is 5.62. The molecular weight excluding hydrogens is 274 g/mol. The number of anilines is 1. The molecule has 5 heteroatoms. The third-order valence-corrected chi connectivity index (χ3v) is 3.00. The fourth-order valence-corrected chi connectivity index (χ4v) is 2.49. The van der Waals surface area contributed by atoms with Gasteiger partial charge in [-0.15, -0.1) is 0 Å². The van der Waals surface area contributed by atoms with Crippen LogP contribution in [-0.2, 0) is 4.79 Å². The van der Waals surface area contributed by atoms with Gasteiger partial charge in [-0.05, 0) is 24.6 Å². The highest BCUT2D eigenvalue weighted by molar-refractivity contribution is 9.10. The summed E-state index contributed by atoms with van der Waals surface area (Å²) in [7, 11) is 0. The van der Waals surface area contributed by atoms with E-state index in [1.807, 2.05) is 13.0 Å². The zero-order valence-electron chi connectivity index (χ0n) is 8.66. The Hall–Kier alpha value is -1.20. The van der Waals surface area contributed by atoms with E-state index in [2.05, 4.69) is 15.9 Å². The molecule has 0 unspecified atom stereocenters. The van der Waals surface area contributed by atoms with Crippen molar-refractivity contribution in [2.75, 3.05) is 18.1 Å². The van der Waals surface area contributed by atoms with E-state index in [0.29, 0.717) is 11.3 Å². The van der Waals surface area contributed by atoms with Crippen LogP contribution in [0.1, 0.15) is 15.9 Å². The summed E-state index contributed by atoms with van der Waals surface area (Å²) < 4.78 is 0.774. The number of aliphatic hydroxyl groups excluding tert-OH is 1. The second-order valence-electron chi connectivity index (χ2n) is 3.63. The number of halogens is 1. The Balaban J connectivity index is 2.60. The number of aliphatic hydroxyl groups is 1. The predicted octanol–water partition coefficient (Wildman–Crippen LogP) is 1.28. The van der Waals surface area contributed by atoms with Crippen LogP contribution in [0.5, 0.6) is 0 Å². The van der Waals surface area contributed by atoms with E-state index >= 15 is 0 Å². The maximum Gasteiger partial charge on any atom is 0.299 e. The van der Waals surface area contributed by atoms with Crippen molar-refractivity contribution in [1.82, 2.24) is 0 Å². The van der Waals surface area contributed by atoms with Gasteiger partial charge < -0.3 is 10.0 Å². The fourth-order valence-electron chi connectivity index (χ4n) is 1.92. The zero-order valence-corrected chi connectivity index (χ0v) is 10.2. The molecule has 0 spiro atoms. The third-order valence-electron chi connectivity index (χ3n) is 2.54. The molecule has 1 heterocycles. The molecule has 4 nitrogen and oxygen atoms in total. The maximum absolute atomic E-state index is 11.7. The molecule has 0 saturated heterocycles. The molecule has 0 radical (unpaired) electrons. The van der Waals surface area contributed by atoms with Crippen LogP contribution in [0.15, 0.2) is 16.6 Å². The van der Waals surface area contributed by atoms with Crippen molar-refractivity contribution in [3.05, 3.63) is 27.7 Å². The van der Waals surface area contributed by atoms with E-state index in [9.17, 15) is 9.59 Å². The Labute approximate surface area is 101 Å². The van der Waals surface area contributed by atoms with Crippen LogP contribution < -0.4 is 4.90 Å². The maximum atomic E-state index is 11.7. The summed E-state index contributed by atoms with van der Waals surface area (Å²) in [6.45, 7) is 1.83. The average molecular weight is 284 g/mol. The number of hydrogen-bond donors (Lipinski definition) is 1. The number of β-amino-alcohol motifs (C(OH)–C–C–N with tert-alkyl or cyclic N) is 1. The van der Waals surface area contributed by atoms with Gasteiger partial charge in [0.2, 0.25) is 0 Å². The third kappa shape index (κ3) is 1.56. The van der Waals surface area contributed by atoms with Gasteiger partial charge in [-0.2, -0.15) is 0 Å². The first-order chi connectivity index (χ1) is 7.56. The standard InChI is InChI=1S/C11H10BrNO3/c1-6-4-7(12)5-8-9(6)13(2-3-14)11(16)10(8)15/h4-5,14H,2-3H2,1H3. The van der Waals surface area contributed by atoms with E-state index < -0.39 is 11.7 Å². The van der Waals surface area contributed by atoms with Crippen molar-refractivity contribution in [2.45, 2.75) is 6.92 Å². The first-order valence-electron chi connectivity index (χ1n) is 4.83. The summed E-state index contributed by atoms with van der Waals surface area (Å²) in [5.74, 6) is -1.07. The van der Waals surface area contributed by atoms with E-state index in [1.54, 1.807) is 6.07 Å². The van der Waals surface area contributed by atoms with Crippen molar-refractivity contribution in [1.29, 1.82) is 0 Å². The Bertz CT molecular complexity index is 484. The number of Topliss-reactive ketones (excluding diaryl/α,β-unsaturated/α-hetero) is 1. The molecule has 1 aliphatic heterocycles. The summed E-state index contributed by atoms with van der Waals surface area (Å²) >= 11 is 3.29. The highest BCUT2D eigenvalue weighted by Crippen LogP contribution is 2.34. The molecule has 0 aliphatic carbocycles. The van der Waals surface area contributed by atoms with Gasteiger partial charge in [-0.25, -0.2) is 0 Å². The van der Waals surface area contributed by atoms with E-state index in [-0.39, 0.29) is 13.2 Å². The van der Waals surface area contributed by atoms with E-state index in [4.69, 9.17) is 5.11 Å². The van der Waals surface area contributed by atoms with Crippen molar-refractivity contribution < 1.29 is 14.7 Å². The van der Waals surface area contributed by atoms with Gasteiger partial charge in [0.15, 0.2) is 0 Å². The number of ketones is 1. The van der Waals surface area contributed by atoms with Crippen LogP contribution in [0.4, 0.5) is 5.69 Å². The number of carbonyl (C=O) groups excluding carboxylic acids is 2. The van der Waals surface area contributed by atoms with Crippen molar-refractivity contribution >= 4 is 33.3 Å². The molecule has 1 aromatic carbocycles. The molecular formula is C11H10BrNO3. The van der Waals surface area contributed by atoms with Crippen molar-refractivity contribution in [3.63, 3.8) is 0 Å². The number of fused-ring (bicyclic) bond motifs is 1. The van der Waals surface area contributed by atoms with E-state index in [0.717, 1.165) is 10.0 Å². The number of nitrogens with zero attached hydrogens (tertiary/aromatic N) is 1. The average Bonchev–Trinajstić information content (AvgIpc) is 2.44. The zero-order chi connectivity index (χ0) is 11.9. The molecule has 0 atom stereocenters. The molecule has 2 rings (SSSR count). The molecule has 1 aromatic rings. The SMILES string of the molecule is Cc1cc(Br)cc2c1N(CCO)C(=O)C2=O. The van der Waals surface area contributed by atoms with Gasteiger partial charge in [0.05, 0.1) is 17.9 Å². The molecule has 16 heavy (non-hydrogen) atoms. The smallest absolute Gasteiger partial charge is 0.299 e. The van der Waals surface area contributed by atoms with Crippen molar-refractivity contribution in [3.8, 4) is 0 Å². The van der Waals surface area contributed by atoms with Crippen LogP contribution in [-0.4, -0.2) is 29.9 Å². The molecule has 1 N–H and O–H groups in total. The molecule has 0 bridgehead atoms. The second kappa shape index (κ2) is 3.99. The van der Waals surface area contributed by atoms with Gasteiger partial charge in [0.1, 0.15) is 0 Å². The van der Waals surface area contributed by atoms with Crippen LogP contribution in [0.3, 0.4) is 0 Å². The lowest BCUT2D eigenvalue weighted by Crippen LogP contribution is -2.32. The monoisotopic (exact) mass is 283 g/mol. The lowest BCUT2D eigenvalue weighted by molar-refractivity contribution is -0.114. The number of aryl methyl sites for hydroxylation is 1. The van der Waals surface area contributed by atoms with Gasteiger partial charge >= 0.3 is 0 Å². The van der Waals surface area contributed by atoms with Gasteiger partial charge in [-0.3, -0.25) is 9.59 Å². The number of benzene rings is 1. The van der Waals surface area contributed by atoms with Crippen LogP contribution in [0.2, 0.25) is 0 Å². The minimum atomic E-state index is -0.565. The normalized spacial score (nSPS) is 14.6. The summed E-state index contributed by atoms with van der Waals surface area (Å²) in [5.41, 5.74) is 1.87. The van der Waals surface area contributed by atoms with Crippen LogP contribution >= 0.6 is 15.9 Å². The lowest BCUT2D eigenvalue weighted by atomic mass is 10.1. The molecule has 0 aromatic heterocycles. The second-order valence-corrected chi connectivity index (χ2v) is 4.54. The van der Waals surface area contributed by atoms with Crippen molar-refractivity contribution in [2.24, 2.45) is 0 Å². The number of amides is 1. The first kappa shape index (κ1) is 11.3. The topological polar surface area (TPSA) is 57.6 Å². The number of hydrogen-bond acceptors (Lipinski definition) is 3. The highest BCUT2D eigenvalue weighted by Gasteiger charge is 2.36. The minimum Gasteiger partial charge on any atom is -0.395 e. The molecule has 0 fully saturated rings. The van der Waals surface area contributed by atoms with Crippen LogP contribution in [0.25, 0.3) is 0 Å². The minimum absolute atomic E-state index is 0.153. The Morgan fingerprint density at radius 3 is 2.69 bits per heavy atom. The van der Waals surface area contributed by atoms with Gasteiger partial charge in [0, 0.05) is 11.0 Å². The predicted molar refractivity (Wildman–Crippen MR) is 62.6 cm³/mol. The molecule has 1 aliphatic rings. The largest absolute Gasteiger partial charge is 0.395 e. The van der Waals surface area contributed by atoms with E-state index in [1.165, 1.54) is 4.90 Å². The van der Waals surface area contributed by atoms with Crippen LogP contribution in [0, 0.1) is 6.92 Å². The highest BCUT2D eigenvalue weighted by atomic mass is 79.9. The summed E-state index contributed by atoms with van der Waals surface area (Å²) in [4.78, 5) is 24.7. The number of carbonyl (C=O) groups is 2. The molecule has 0 saturated carbocycles. The molecule has 84 valence electrons. The van der Waals surface area contributed by atoms with Gasteiger partial charge in [-0.1, -0.05) is 15.9 Å². The summed E-state index contributed by atoms with van der Waals surface area (Å²) in [6.07, 6.45) is 0. The molecule has 1 amide bonds. The summed E-state index contributed by atoms with van der Waals surface area (Å²) in [5, 5.41) is 8.89.